The van der Waals surface area contributed by atoms with Gasteiger partial charge in [-0.05, 0) is 39.4 Å². The number of Topliss-reactive ketones (excluding diaryl/α,β-unsaturated/α-hetero) is 1. The summed E-state index contributed by atoms with van der Waals surface area (Å²) < 4.78 is 0. The second-order valence-corrected chi connectivity index (χ2v) is 4.45. The van der Waals surface area contributed by atoms with Gasteiger partial charge in [0.25, 0.3) is 5.91 Å². The van der Waals surface area contributed by atoms with E-state index in [1.165, 1.54) is 17.9 Å². The highest BCUT2D eigenvalue weighted by Gasteiger charge is 2.17. The van der Waals surface area contributed by atoms with Gasteiger partial charge in [-0.25, -0.2) is 5.90 Å². The first kappa shape index (κ1) is 21.8. The first-order valence-electron chi connectivity index (χ1n) is 6.67. The summed E-state index contributed by atoms with van der Waals surface area (Å²) in [5.74, 6) is 4.79. The van der Waals surface area contributed by atoms with E-state index in [-0.39, 0.29) is 19.1 Å². The Labute approximate surface area is 128 Å². The van der Waals surface area contributed by atoms with Crippen LogP contribution >= 0.6 is 0 Å². The molecule has 0 radical (unpaired) electrons. The van der Waals surface area contributed by atoms with Gasteiger partial charge in [0.05, 0.1) is 6.61 Å². The van der Waals surface area contributed by atoms with Crippen LogP contribution in [0.4, 0.5) is 0 Å². The van der Waals surface area contributed by atoms with Crippen molar-refractivity contribution in [3.8, 4) is 0 Å². The van der Waals surface area contributed by atoms with Crippen molar-refractivity contribution in [3.05, 3.63) is 24.4 Å². The average Bonchev–Trinajstić information content (AvgIpc) is 2.73. The Morgan fingerprint density at radius 3 is 2.52 bits per heavy atom. The van der Waals surface area contributed by atoms with Crippen molar-refractivity contribution < 1.29 is 14.4 Å². The fourth-order valence-corrected chi connectivity index (χ4v) is 1.50. The molecular weight excluding hydrogens is 270 g/mol. The summed E-state index contributed by atoms with van der Waals surface area (Å²) in [6, 6.07) is 0. The number of amides is 1. The molecule has 21 heavy (non-hydrogen) atoms. The third-order valence-electron chi connectivity index (χ3n) is 2.66. The van der Waals surface area contributed by atoms with E-state index in [0.29, 0.717) is 25.3 Å². The highest BCUT2D eigenvalue weighted by Crippen LogP contribution is 2.12. The number of carbonyl (C=O) groups is 2. The molecule has 0 aliphatic carbocycles. The standard InChI is InChI=1S/C9H11NO2.C5H14N2O.CH4/c1-7-3-4-9(12)10(7)6-5-8(2)11;1-7-4-2-3-5-8-6;/h3-4H,1,5-6H2,2H3;7H,2-6H2,1H3;1H4. The molecule has 1 amide bonds. The lowest BCUT2D eigenvalue weighted by molar-refractivity contribution is -0.124. The number of nitrogens with one attached hydrogen (secondary N) is 1. The molecule has 6 nitrogen and oxygen atoms in total. The minimum atomic E-state index is -0.0822. The van der Waals surface area contributed by atoms with E-state index in [2.05, 4.69) is 16.7 Å². The molecule has 0 bridgehead atoms. The number of rotatable bonds is 8. The Balaban J connectivity index is 0. The number of unbranched alkanes of at least 4 members (excludes halogenated alkanes) is 1. The second kappa shape index (κ2) is 13.5. The van der Waals surface area contributed by atoms with Crippen LogP contribution in [0.25, 0.3) is 0 Å². The summed E-state index contributed by atoms with van der Waals surface area (Å²) in [4.78, 5) is 27.6. The highest BCUT2D eigenvalue weighted by molar-refractivity contribution is 5.93. The number of allylic oxidation sites excluding steroid dienone is 1. The summed E-state index contributed by atoms with van der Waals surface area (Å²) in [6.45, 7) is 7.34. The minimum absolute atomic E-state index is 0. The summed E-state index contributed by atoms with van der Waals surface area (Å²) in [5, 5.41) is 3.03. The molecule has 1 aliphatic rings. The van der Waals surface area contributed by atoms with E-state index in [1.54, 1.807) is 6.08 Å². The van der Waals surface area contributed by atoms with Crippen LogP contribution in [0.2, 0.25) is 0 Å². The van der Waals surface area contributed by atoms with Crippen molar-refractivity contribution in [2.24, 2.45) is 5.90 Å². The number of nitrogens with zero attached hydrogens (tertiary/aromatic N) is 1. The van der Waals surface area contributed by atoms with Gasteiger partial charge in [-0.15, -0.1) is 0 Å². The van der Waals surface area contributed by atoms with E-state index in [9.17, 15) is 9.59 Å². The molecule has 1 aliphatic heterocycles. The molecule has 122 valence electrons. The molecular formula is C15H29N3O3. The van der Waals surface area contributed by atoms with Crippen LogP contribution in [0.3, 0.4) is 0 Å². The molecule has 0 aromatic heterocycles. The van der Waals surface area contributed by atoms with Crippen LogP contribution < -0.4 is 11.2 Å². The Morgan fingerprint density at radius 2 is 2.10 bits per heavy atom. The van der Waals surface area contributed by atoms with Gasteiger partial charge >= 0.3 is 0 Å². The Bertz CT molecular complexity index is 330. The van der Waals surface area contributed by atoms with Crippen molar-refractivity contribution in [1.82, 2.24) is 10.2 Å². The van der Waals surface area contributed by atoms with E-state index >= 15 is 0 Å². The van der Waals surface area contributed by atoms with Crippen LogP contribution in [-0.2, 0) is 14.4 Å². The Morgan fingerprint density at radius 1 is 1.43 bits per heavy atom. The van der Waals surface area contributed by atoms with E-state index < -0.39 is 0 Å². The maximum atomic E-state index is 11.1. The fraction of sp³-hybridized carbons (Fsp3) is 0.600. The summed E-state index contributed by atoms with van der Waals surface area (Å²) >= 11 is 0. The number of hydrogen-bond acceptors (Lipinski definition) is 5. The lowest BCUT2D eigenvalue weighted by atomic mass is 10.3. The number of carbonyl (C=O) groups excluding carboxylic acids is 2. The van der Waals surface area contributed by atoms with Crippen molar-refractivity contribution >= 4 is 11.7 Å². The van der Waals surface area contributed by atoms with E-state index in [0.717, 1.165) is 19.4 Å². The largest absolute Gasteiger partial charge is 0.320 e. The van der Waals surface area contributed by atoms with Gasteiger partial charge in [-0.1, -0.05) is 14.0 Å². The SMILES string of the molecule is C.C=C1C=CC(=O)N1CCC(C)=O.CNCCCCON. The average molecular weight is 299 g/mol. The zero-order chi connectivity index (χ0) is 15.4. The van der Waals surface area contributed by atoms with Crippen molar-refractivity contribution in [3.63, 3.8) is 0 Å². The maximum Gasteiger partial charge on any atom is 0.251 e. The van der Waals surface area contributed by atoms with Crippen molar-refractivity contribution in [2.45, 2.75) is 33.6 Å². The Hall–Kier alpha value is -1.50. The topological polar surface area (TPSA) is 84.7 Å². The minimum Gasteiger partial charge on any atom is -0.320 e. The van der Waals surface area contributed by atoms with Gasteiger partial charge in [0.2, 0.25) is 0 Å². The number of ketones is 1. The molecule has 3 N–H and O–H groups in total. The molecule has 0 aromatic rings. The molecule has 0 atom stereocenters. The molecule has 0 unspecified atom stereocenters. The van der Waals surface area contributed by atoms with Crippen molar-refractivity contribution in [1.29, 1.82) is 0 Å². The molecule has 1 heterocycles. The molecule has 0 saturated heterocycles. The quantitative estimate of drug-likeness (QED) is 0.522. The van der Waals surface area contributed by atoms with Crippen molar-refractivity contribution in [2.75, 3.05) is 26.7 Å². The van der Waals surface area contributed by atoms with Gasteiger partial charge in [-0.2, -0.15) is 0 Å². The monoisotopic (exact) mass is 299 g/mol. The van der Waals surface area contributed by atoms with Gasteiger partial charge in [0.1, 0.15) is 5.78 Å². The Kier molecular flexibility index (Phi) is 14.0. The van der Waals surface area contributed by atoms with Crippen LogP contribution in [0.15, 0.2) is 24.4 Å². The van der Waals surface area contributed by atoms with Gasteiger partial charge < -0.3 is 15.1 Å². The second-order valence-electron chi connectivity index (χ2n) is 4.45. The van der Waals surface area contributed by atoms with Gasteiger partial charge in [0, 0.05) is 24.7 Å². The lowest BCUT2D eigenvalue weighted by Gasteiger charge is -2.15. The highest BCUT2D eigenvalue weighted by atomic mass is 16.6. The third kappa shape index (κ3) is 10.9. The molecule has 0 spiro atoms. The van der Waals surface area contributed by atoms with Crippen LogP contribution in [-0.4, -0.2) is 43.3 Å². The molecule has 0 saturated carbocycles. The lowest BCUT2D eigenvalue weighted by Crippen LogP contribution is -2.25. The van der Waals surface area contributed by atoms with Crippen LogP contribution in [0, 0.1) is 0 Å². The summed E-state index contributed by atoms with van der Waals surface area (Å²) in [7, 11) is 1.93. The normalized spacial score (nSPS) is 12.8. The van der Waals surface area contributed by atoms with E-state index in [1.807, 2.05) is 7.05 Å². The summed E-state index contributed by atoms with van der Waals surface area (Å²) in [6.07, 6.45) is 5.68. The van der Waals surface area contributed by atoms with Gasteiger partial charge in [0.15, 0.2) is 0 Å². The zero-order valence-electron chi connectivity index (χ0n) is 12.4. The van der Waals surface area contributed by atoms with Crippen LogP contribution in [0.1, 0.15) is 33.6 Å². The number of hydrogen-bond donors (Lipinski definition) is 2. The summed E-state index contributed by atoms with van der Waals surface area (Å²) in [5.41, 5.74) is 0.668. The number of nitrogens with two attached hydrogens (primary N) is 1. The predicted octanol–water partition coefficient (Wildman–Crippen LogP) is 1.39. The predicted molar refractivity (Wildman–Crippen MR) is 85.3 cm³/mol. The molecule has 0 fully saturated rings. The maximum absolute atomic E-state index is 11.1. The van der Waals surface area contributed by atoms with Gasteiger partial charge in [-0.3, -0.25) is 9.59 Å². The first-order chi connectivity index (χ1) is 9.52. The third-order valence-corrected chi connectivity index (χ3v) is 2.66. The molecule has 6 heteroatoms. The first-order valence-corrected chi connectivity index (χ1v) is 6.67. The molecule has 1 rings (SSSR count). The van der Waals surface area contributed by atoms with Crippen LogP contribution in [0.5, 0.6) is 0 Å². The zero-order valence-corrected chi connectivity index (χ0v) is 12.4. The molecule has 0 aromatic carbocycles. The van der Waals surface area contributed by atoms with E-state index in [4.69, 9.17) is 5.90 Å². The fourth-order valence-electron chi connectivity index (χ4n) is 1.50. The smallest absolute Gasteiger partial charge is 0.251 e.